The van der Waals surface area contributed by atoms with Crippen LogP contribution in [0.5, 0.6) is 0 Å². The summed E-state index contributed by atoms with van der Waals surface area (Å²) in [5, 5.41) is 4.16. The second-order valence-electron chi connectivity index (χ2n) is 6.52. The van der Waals surface area contributed by atoms with Gasteiger partial charge in [-0.05, 0) is 55.2 Å². The van der Waals surface area contributed by atoms with Gasteiger partial charge >= 0.3 is 0 Å². The summed E-state index contributed by atoms with van der Waals surface area (Å²) in [5.41, 5.74) is 3.72. The van der Waals surface area contributed by atoms with Crippen LogP contribution in [0.15, 0.2) is 48.8 Å². The third-order valence-corrected chi connectivity index (χ3v) is 4.81. The quantitative estimate of drug-likeness (QED) is 0.804. The molecule has 1 fully saturated rings. The molecule has 0 amide bonds. The summed E-state index contributed by atoms with van der Waals surface area (Å²) in [7, 11) is 0. The summed E-state index contributed by atoms with van der Waals surface area (Å²) in [4.78, 5) is 6.30. The highest BCUT2D eigenvalue weighted by Crippen LogP contribution is 2.13. The van der Waals surface area contributed by atoms with E-state index in [1.54, 1.807) is 0 Å². The van der Waals surface area contributed by atoms with Crippen LogP contribution >= 0.6 is 12.2 Å². The molecule has 1 saturated heterocycles. The minimum Gasteiger partial charge on any atom is -0.376 e. The summed E-state index contributed by atoms with van der Waals surface area (Å²) >= 11 is 5.68. The monoisotopic (exact) mass is 355 g/mol. The van der Waals surface area contributed by atoms with Gasteiger partial charge in [0.05, 0.1) is 6.10 Å². The molecule has 0 aliphatic carbocycles. The van der Waals surface area contributed by atoms with Gasteiger partial charge < -0.3 is 15.0 Å². The van der Waals surface area contributed by atoms with Gasteiger partial charge in [0.25, 0.3) is 0 Å². The number of benzene rings is 1. The summed E-state index contributed by atoms with van der Waals surface area (Å²) in [5.74, 6) is 0. The molecule has 2 aromatic rings. The van der Waals surface area contributed by atoms with Crippen molar-refractivity contribution in [3.63, 3.8) is 0 Å². The van der Waals surface area contributed by atoms with Crippen molar-refractivity contribution < 1.29 is 4.74 Å². The lowest BCUT2D eigenvalue weighted by molar-refractivity contribution is 0.113. The Hall–Kier alpha value is -1.98. The first-order valence-corrected chi connectivity index (χ1v) is 9.20. The molecule has 1 aliphatic rings. The van der Waals surface area contributed by atoms with Gasteiger partial charge in [-0.2, -0.15) is 0 Å². The molecule has 3 rings (SSSR count). The molecule has 1 unspecified atom stereocenters. The van der Waals surface area contributed by atoms with Crippen molar-refractivity contribution in [1.82, 2.24) is 15.2 Å². The van der Waals surface area contributed by atoms with Crippen LogP contribution in [0.4, 0.5) is 0 Å². The smallest absolute Gasteiger partial charge is 0.169 e. The van der Waals surface area contributed by atoms with Crippen LogP contribution in [0.25, 0.3) is 0 Å². The first kappa shape index (κ1) is 17.8. The Kier molecular flexibility index (Phi) is 6.36. The maximum absolute atomic E-state index is 5.68. The zero-order valence-corrected chi connectivity index (χ0v) is 15.5. The molecule has 1 atom stereocenters. The molecule has 1 aliphatic heterocycles. The summed E-state index contributed by atoms with van der Waals surface area (Å²) in [6.07, 6.45) is 6.17. The fraction of sp³-hybridized carbons (Fsp3) is 0.400. The molecule has 0 bridgehead atoms. The predicted octanol–water partition coefficient (Wildman–Crippen LogP) is 3.45. The molecule has 25 heavy (non-hydrogen) atoms. The molecule has 1 N–H and O–H groups in total. The minimum atomic E-state index is 0.278. The number of hydrogen-bond acceptors (Lipinski definition) is 3. The van der Waals surface area contributed by atoms with Crippen molar-refractivity contribution >= 4 is 17.3 Å². The van der Waals surface area contributed by atoms with Crippen molar-refractivity contribution in [2.75, 3.05) is 13.2 Å². The molecule has 132 valence electrons. The number of nitrogens with zero attached hydrogens (tertiary/aromatic N) is 2. The number of rotatable bonds is 6. The van der Waals surface area contributed by atoms with E-state index in [-0.39, 0.29) is 6.10 Å². The number of hydrogen-bond donors (Lipinski definition) is 1. The molecular formula is C20H25N3OS. The highest BCUT2D eigenvalue weighted by molar-refractivity contribution is 7.80. The molecule has 5 heteroatoms. The molecule has 0 radical (unpaired) electrons. The van der Waals surface area contributed by atoms with Crippen LogP contribution in [0.2, 0.25) is 0 Å². The van der Waals surface area contributed by atoms with Crippen LogP contribution in [0.3, 0.4) is 0 Å². The average molecular weight is 356 g/mol. The SMILES string of the molecule is Cc1ccc(CN(Cc2ccncc2)C(=S)NCC2CCCO2)cc1. The largest absolute Gasteiger partial charge is 0.376 e. The molecule has 4 nitrogen and oxygen atoms in total. The molecule has 0 spiro atoms. The van der Waals surface area contributed by atoms with Crippen molar-refractivity contribution in [1.29, 1.82) is 0 Å². The Morgan fingerprint density at radius 1 is 1.16 bits per heavy atom. The number of thiocarbonyl (C=S) groups is 1. The lowest BCUT2D eigenvalue weighted by Gasteiger charge is -2.27. The highest BCUT2D eigenvalue weighted by atomic mass is 32.1. The molecule has 1 aromatic carbocycles. The van der Waals surface area contributed by atoms with Crippen molar-refractivity contribution in [3.8, 4) is 0 Å². The van der Waals surface area contributed by atoms with Crippen molar-refractivity contribution in [2.45, 2.75) is 39.0 Å². The second kappa shape index (κ2) is 8.92. The topological polar surface area (TPSA) is 37.4 Å². The van der Waals surface area contributed by atoms with E-state index in [1.807, 2.05) is 24.5 Å². The zero-order valence-electron chi connectivity index (χ0n) is 14.6. The van der Waals surface area contributed by atoms with E-state index in [2.05, 4.69) is 46.4 Å². The van der Waals surface area contributed by atoms with Crippen LogP contribution < -0.4 is 5.32 Å². The standard InChI is InChI=1S/C20H25N3OS/c1-16-4-6-17(7-5-16)14-23(15-18-8-10-21-11-9-18)20(25)22-13-19-3-2-12-24-19/h4-11,19H,2-3,12-15H2,1H3,(H,22,25). The maximum Gasteiger partial charge on any atom is 0.169 e. The first-order valence-electron chi connectivity index (χ1n) is 8.79. The van der Waals surface area contributed by atoms with Gasteiger partial charge in [-0.3, -0.25) is 4.98 Å². The normalized spacial score (nSPS) is 16.6. The predicted molar refractivity (Wildman–Crippen MR) is 104 cm³/mol. The van der Waals surface area contributed by atoms with E-state index in [9.17, 15) is 0 Å². The molecule has 0 saturated carbocycles. The average Bonchev–Trinajstić information content (AvgIpc) is 3.15. The van der Waals surface area contributed by atoms with Gasteiger partial charge in [-0.15, -0.1) is 0 Å². The van der Waals surface area contributed by atoms with E-state index >= 15 is 0 Å². The Balaban J connectivity index is 1.66. The zero-order chi connectivity index (χ0) is 17.5. The second-order valence-corrected chi connectivity index (χ2v) is 6.90. The van der Waals surface area contributed by atoms with Gasteiger partial charge in [0.1, 0.15) is 0 Å². The molecule has 1 aromatic heterocycles. The summed E-state index contributed by atoms with van der Waals surface area (Å²) in [6, 6.07) is 12.7. The fourth-order valence-electron chi connectivity index (χ4n) is 2.94. The van der Waals surface area contributed by atoms with Gasteiger partial charge in [0.2, 0.25) is 0 Å². The number of aromatic nitrogens is 1. The van der Waals surface area contributed by atoms with E-state index in [0.717, 1.165) is 44.2 Å². The van der Waals surface area contributed by atoms with Crippen LogP contribution in [0, 0.1) is 6.92 Å². The number of nitrogens with one attached hydrogen (secondary N) is 1. The van der Waals surface area contributed by atoms with Crippen molar-refractivity contribution in [3.05, 3.63) is 65.5 Å². The first-order chi connectivity index (χ1) is 12.2. The van der Waals surface area contributed by atoms with E-state index < -0.39 is 0 Å². The Bertz CT molecular complexity index is 669. The van der Waals surface area contributed by atoms with Gasteiger partial charge in [0, 0.05) is 38.6 Å². The number of aryl methyl sites for hydroxylation is 1. The Morgan fingerprint density at radius 3 is 2.48 bits per heavy atom. The van der Waals surface area contributed by atoms with Crippen molar-refractivity contribution in [2.24, 2.45) is 0 Å². The van der Waals surface area contributed by atoms with Crippen LogP contribution in [0.1, 0.15) is 29.5 Å². The number of ether oxygens (including phenoxy) is 1. The fourth-order valence-corrected chi connectivity index (χ4v) is 3.15. The minimum absolute atomic E-state index is 0.278. The van der Waals surface area contributed by atoms with Gasteiger partial charge in [-0.1, -0.05) is 29.8 Å². The van der Waals surface area contributed by atoms with Gasteiger partial charge in [-0.25, -0.2) is 0 Å². The summed E-state index contributed by atoms with van der Waals surface area (Å²) < 4.78 is 5.68. The highest BCUT2D eigenvalue weighted by Gasteiger charge is 2.17. The maximum atomic E-state index is 5.68. The van der Waals surface area contributed by atoms with Crippen LogP contribution in [-0.2, 0) is 17.8 Å². The van der Waals surface area contributed by atoms with E-state index in [4.69, 9.17) is 17.0 Å². The molecular weight excluding hydrogens is 330 g/mol. The third kappa shape index (κ3) is 5.51. The van der Waals surface area contributed by atoms with Crippen LogP contribution in [-0.4, -0.2) is 34.3 Å². The lowest BCUT2D eigenvalue weighted by atomic mass is 10.1. The van der Waals surface area contributed by atoms with Gasteiger partial charge in [0.15, 0.2) is 5.11 Å². The lowest BCUT2D eigenvalue weighted by Crippen LogP contribution is -2.42. The third-order valence-electron chi connectivity index (χ3n) is 4.41. The Morgan fingerprint density at radius 2 is 1.84 bits per heavy atom. The Labute approximate surface area is 155 Å². The number of pyridine rings is 1. The van der Waals surface area contributed by atoms with E-state index in [1.165, 1.54) is 16.7 Å². The molecule has 2 heterocycles. The van der Waals surface area contributed by atoms with E-state index in [0.29, 0.717) is 0 Å². The summed E-state index contributed by atoms with van der Waals surface area (Å²) in [6.45, 7) is 5.28.